The predicted octanol–water partition coefficient (Wildman–Crippen LogP) is 5.24. The Hall–Kier alpha value is -1.97. The zero-order valence-electron chi connectivity index (χ0n) is 19.7. The van der Waals surface area contributed by atoms with Crippen molar-refractivity contribution in [2.45, 2.75) is 86.1 Å². The summed E-state index contributed by atoms with van der Waals surface area (Å²) in [5, 5.41) is 0. The summed E-state index contributed by atoms with van der Waals surface area (Å²) in [5.41, 5.74) is 0.509. The summed E-state index contributed by atoms with van der Waals surface area (Å²) in [7, 11) is 0. The van der Waals surface area contributed by atoms with Crippen LogP contribution in [-0.4, -0.2) is 35.0 Å². The molecule has 0 aromatic heterocycles. The Bertz CT molecular complexity index is 736. The monoisotopic (exact) mass is 413 g/mol. The van der Waals surface area contributed by atoms with Gasteiger partial charge in [0.05, 0.1) is 12.5 Å². The van der Waals surface area contributed by atoms with Gasteiger partial charge in [0.15, 0.2) is 5.78 Å². The lowest BCUT2D eigenvalue weighted by Crippen LogP contribution is -2.45. The first-order valence-corrected chi connectivity index (χ1v) is 11.3. The van der Waals surface area contributed by atoms with Crippen LogP contribution in [0.15, 0.2) is 30.3 Å². The summed E-state index contributed by atoms with van der Waals surface area (Å²) in [6.45, 7) is 12.5. The molecule has 1 atom stereocenters. The quantitative estimate of drug-likeness (QED) is 0.663. The van der Waals surface area contributed by atoms with Gasteiger partial charge >= 0.3 is 0 Å². The summed E-state index contributed by atoms with van der Waals surface area (Å²) in [6.07, 6.45) is 5.49. The zero-order valence-corrected chi connectivity index (χ0v) is 19.7. The average molecular weight is 414 g/mol. The molecule has 166 valence electrons. The van der Waals surface area contributed by atoms with Crippen molar-refractivity contribution in [1.82, 2.24) is 4.90 Å². The molecule has 1 aliphatic heterocycles. The van der Waals surface area contributed by atoms with Crippen molar-refractivity contribution in [3.05, 3.63) is 35.9 Å². The lowest BCUT2D eigenvalue weighted by molar-refractivity contribution is -0.140. The number of amides is 1. The third-order valence-electron chi connectivity index (χ3n) is 5.82. The molecule has 1 amide bonds. The Balaban J connectivity index is 0.000000269. The van der Waals surface area contributed by atoms with Crippen LogP contribution in [0, 0.1) is 16.7 Å². The number of hydrogen-bond acceptors (Lipinski definition) is 3. The summed E-state index contributed by atoms with van der Waals surface area (Å²) < 4.78 is 0. The molecule has 0 unspecified atom stereocenters. The first-order valence-electron chi connectivity index (χ1n) is 11.3. The van der Waals surface area contributed by atoms with E-state index in [1.807, 2.05) is 71.9 Å². The number of likely N-dealkylation sites (tertiary alicyclic amines) is 1. The minimum absolute atomic E-state index is 0.0660. The van der Waals surface area contributed by atoms with Gasteiger partial charge in [-0.25, -0.2) is 0 Å². The van der Waals surface area contributed by atoms with E-state index in [4.69, 9.17) is 0 Å². The standard InChI is InChI=1S/C17H23NO2.C9H16O/c1-17(2,3)16(20)14-10-7-11-18(14)15(19)12-13-8-5-4-6-9-13;1-9(2,3)8(10)6-7-4-5-7/h4-6,8-9,14H,7,10-12H2,1-3H3;7H,4-6H2,1-3H3/t14-;/m0./s1. The van der Waals surface area contributed by atoms with Gasteiger partial charge in [-0.2, -0.15) is 0 Å². The van der Waals surface area contributed by atoms with Gasteiger partial charge in [-0.15, -0.1) is 0 Å². The van der Waals surface area contributed by atoms with E-state index in [1.54, 1.807) is 4.90 Å². The molecule has 30 heavy (non-hydrogen) atoms. The van der Waals surface area contributed by atoms with Crippen molar-refractivity contribution in [3.63, 3.8) is 0 Å². The summed E-state index contributed by atoms with van der Waals surface area (Å²) in [4.78, 5) is 38.0. The van der Waals surface area contributed by atoms with Gasteiger partial charge in [0.2, 0.25) is 5.91 Å². The average Bonchev–Trinajstić information content (AvgIpc) is 3.33. The molecule has 0 radical (unpaired) electrons. The van der Waals surface area contributed by atoms with Gasteiger partial charge in [-0.3, -0.25) is 14.4 Å². The van der Waals surface area contributed by atoms with Crippen LogP contribution in [0.25, 0.3) is 0 Å². The molecular formula is C26H39NO3. The maximum atomic E-state index is 12.4. The lowest BCUT2D eigenvalue weighted by atomic mass is 9.85. The maximum Gasteiger partial charge on any atom is 0.227 e. The van der Waals surface area contributed by atoms with E-state index in [2.05, 4.69) is 0 Å². The summed E-state index contributed by atoms with van der Waals surface area (Å²) >= 11 is 0. The minimum Gasteiger partial charge on any atom is -0.332 e. The SMILES string of the molecule is CC(C)(C)C(=O)CC1CC1.CC(C)(C)C(=O)[C@@H]1CCCN1C(=O)Cc1ccccc1. The van der Waals surface area contributed by atoms with Crippen LogP contribution < -0.4 is 0 Å². The molecule has 1 aromatic rings. The van der Waals surface area contributed by atoms with Gasteiger partial charge in [0, 0.05) is 23.8 Å². The smallest absolute Gasteiger partial charge is 0.227 e. The van der Waals surface area contributed by atoms with E-state index < -0.39 is 0 Å². The lowest BCUT2D eigenvalue weighted by Gasteiger charge is -2.29. The Kier molecular flexibility index (Phi) is 8.01. The number of Topliss-reactive ketones (excluding diaryl/α,β-unsaturated/α-hetero) is 2. The number of rotatable bonds is 5. The van der Waals surface area contributed by atoms with Gasteiger partial charge in [0.1, 0.15) is 5.78 Å². The van der Waals surface area contributed by atoms with Crippen molar-refractivity contribution in [1.29, 1.82) is 0 Å². The van der Waals surface area contributed by atoms with Gasteiger partial charge in [0.25, 0.3) is 0 Å². The van der Waals surface area contributed by atoms with Gasteiger partial charge < -0.3 is 4.90 Å². The van der Waals surface area contributed by atoms with E-state index in [-0.39, 0.29) is 28.6 Å². The Morgan fingerprint density at radius 2 is 1.50 bits per heavy atom. The molecule has 1 saturated heterocycles. The van der Waals surface area contributed by atoms with Crippen LogP contribution >= 0.6 is 0 Å². The van der Waals surface area contributed by atoms with Gasteiger partial charge in [-0.1, -0.05) is 71.9 Å². The zero-order chi connectivity index (χ0) is 22.5. The first kappa shape index (κ1) is 24.3. The molecule has 0 N–H and O–H groups in total. The highest BCUT2D eigenvalue weighted by Crippen LogP contribution is 2.35. The summed E-state index contributed by atoms with van der Waals surface area (Å²) in [6, 6.07) is 9.49. The molecule has 1 aromatic carbocycles. The molecule has 2 aliphatic rings. The Labute approximate surface area is 182 Å². The molecule has 0 bridgehead atoms. The normalized spacial score (nSPS) is 19.1. The van der Waals surface area contributed by atoms with E-state index in [1.165, 1.54) is 12.8 Å². The van der Waals surface area contributed by atoms with Crippen LogP contribution in [0.1, 0.15) is 79.2 Å². The Morgan fingerprint density at radius 3 is 2.00 bits per heavy atom. The van der Waals surface area contributed by atoms with Crippen molar-refractivity contribution in [2.24, 2.45) is 16.7 Å². The third kappa shape index (κ3) is 7.37. The molecule has 3 rings (SSSR count). The van der Waals surface area contributed by atoms with Crippen LogP contribution in [0.5, 0.6) is 0 Å². The van der Waals surface area contributed by atoms with E-state index >= 15 is 0 Å². The minimum atomic E-state index is -0.389. The molecule has 1 heterocycles. The fraction of sp³-hybridized carbons (Fsp3) is 0.654. The molecule has 4 nitrogen and oxygen atoms in total. The fourth-order valence-electron chi connectivity index (χ4n) is 3.60. The number of carbonyl (C=O) groups excluding carboxylic acids is 3. The number of benzene rings is 1. The molecular weight excluding hydrogens is 374 g/mol. The van der Waals surface area contributed by atoms with Gasteiger partial charge in [-0.05, 0) is 37.2 Å². The molecule has 4 heteroatoms. The maximum absolute atomic E-state index is 12.4. The highest BCUT2D eigenvalue weighted by molar-refractivity contribution is 5.93. The number of hydrogen-bond donors (Lipinski definition) is 0. The molecule has 1 aliphatic carbocycles. The summed E-state index contributed by atoms with van der Waals surface area (Å²) in [5.74, 6) is 1.41. The highest BCUT2D eigenvalue weighted by atomic mass is 16.2. The highest BCUT2D eigenvalue weighted by Gasteiger charge is 2.38. The fourth-order valence-corrected chi connectivity index (χ4v) is 3.60. The largest absolute Gasteiger partial charge is 0.332 e. The second-order valence-electron chi connectivity index (χ2n) is 10.8. The van der Waals surface area contributed by atoms with Crippen LogP contribution in [0.2, 0.25) is 0 Å². The number of nitrogens with zero attached hydrogens (tertiary/aromatic N) is 1. The van der Waals surface area contributed by atoms with Crippen molar-refractivity contribution >= 4 is 17.5 Å². The van der Waals surface area contributed by atoms with Crippen LogP contribution in [0.4, 0.5) is 0 Å². The first-order chi connectivity index (χ1) is 13.9. The molecule has 2 fully saturated rings. The molecule has 0 spiro atoms. The topological polar surface area (TPSA) is 54.5 Å². The molecule has 1 saturated carbocycles. The van der Waals surface area contributed by atoms with E-state index in [0.717, 1.165) is 30.7 Å². The predicted molar refractivity (Wildman–Crippen MR) is 121 cm³/mol. The second kappa shape index (κ2) is 9.89. The number of ketones is 2. The van der Waals surface area contributed by atoms with Crippen molar-refractivity contribution in [2.75, 3.05) is 6.54 Å². The second-order valence-corrected chi connectivity index (χ2v) is 10.8. The van der Waals surface area contributed by atoms with E-state index in [0.29, 0.717) is 18.7 Å². The van der Waals surface area contributed by atoms with Crippen LogP contribution in [0.3, 0.4) is 0 Å². The van der Waals surface area contributed by atoms with Crippen molar-refractivity contribution < 1.29 is 14.4 Å². The number of carbonyl (C=O) groups is 3. The van der Waals surface area contributed by atoms with E-state index in [9.17, 15) is 14.4 Å². The Morgan fingerprint density at radius 1 is 0.900 bits per heavy atom. The third-order valence-corrected chi connectivity index (χ3v) is 5.82. The van der Waals surface area contributed by atoms with Crippen LogP contribution in [-0.2, 0) is 20.8 Å². The van der Waals surface area contributed by atoms with Crippen molar-refractivity contribution in [3.8, 4) is 0 Å².